The van der Waals surface area contributed by atoms with E-state index in [0.717, 1.165) is 12.8 Å². The van der Waals surface area contributed by atoms with Crippen LogP contribution in [0.15, 0.2) is 54.6 Å². The Balaban J connectivity index is 1.92. The van der Waals surface area contributed by atoms with Crippen molar-refractivity contribution in [2.75, 3.05) is 0 Å². The van der Waals surface area contributed by atoms with Crippen molar-refractivity contribution in [1.29, 1.82) is 0 Å². The summed E-state index contributed by atoms with van der Waals surface area (Å²) in [7, 11) is 0. The fraction of sp³-hybridized carbons (Fsp3) is 0.278. The summed E-state index contributed by atoms with van der Waals surface area (Å²) in [5.74, 6) is 0. The Morgan fingerprint density at radius 3 is 2.60 bits per heavy atom. The fourth-order valence-electron chi connectivity index (χ4n) is 3.17. The molecule has 102 valence electrons. The smallest absolute Gasteiger partial charge is 0.121 e. The Hall–Kier alpha value is -1.93. The number of hydrogen-bond acceptors (Lipinski definition) is 2. The van der Waals surface area contributed by atoms with E-state index >= 15 is 0 Å². The minimum Gasteiger partial charge on any atom is -0.303 e. The van der Waals surface area contributed by atoms with Gasteiger partial charge in [0.2, 0.25) is 0 Å². The second kappa shape index (κ2) is 5.59. The maximum absolute atomic E-state index is 11.0. The van der Waals surface area contributed by atoms with Crippen LogP contribution < -0.4 is 0 Å². The lowest BCUT2D eigenvalue weighted by molar-refractivity contribution is -0.109. The number of nitrogens with zero attached hydrogens (tertiary/aromatic N) is 1. The van der Waals surface area contributed by atoms with Gasteiger partial charge in [-0.25, -0.2) is 0 Å². The molecule has 2 aromatic carbocycles. The highest BCUT2D eigenvalue weighted by molar-refractivity contribution is 5.53. The summed E-state index contributed by atoms with van der Waals surface area (Å²) in [6.45, 7) is 3.14. The van der Waals surface area contributed by atoms with Crippen molar-refractivity contribution in [2.45, 2.75) is 32.0 Å². The number of carbonyl (C=O) groups excluding carboxylic acids is 1. The average molecular weight is 265 g/mol. The number of aldehydes is 1. The quantitative estimate of drug-likeness (QED) is 0.782. The first-order chi connectivity index (χ1) is 9.81. The molecule has 0 radical (unpaired) electrons. The van der Waals surface area contributed by atoms with Crippen molar-refractivity contribution in [1.82, 2.24) is 4.90 Å². The third kappa shape index (κ3) is 2.27. The second-order valence-electron chi connectivity index (χ2n) is 5.38. The van der Waals surface area contributed by atoms with Crippen LogP contribution in [-0.2, 0) is 11.3 Å². The first kappa shape index (κ1) is 13.1. The average Bonchev–Trinajstić information content (AvgIpc) is 2.87. The molecule has 1 aliphatic rings. The van der Waals surface area contributed by atoms with E-state index in [4.69, 9.17) is 0 Å². The van der Waals surface area contributed by atoms with Crippen molar-refractivity contribution in [3.8, 4) is 0 Å². The highest BCUT2D eigenvalue weighted by atomic mass is 16.1. The molecule has 2 heteroatoms. The van der Waals surface area contributed by atoms with Crippen LogP contribution in [0.2, 0.25) is 0 Å². The van der Waals surface area contributed by atoms with Gasteiger partial charge in [0, 0.05) is 25.0 Å². The largest absolute Gasteiger partial charge is 0.303 e. The van der Waals surface area contributed by atoms with Gasteiger partial charge in [-0.15, -0.1) is 0 Å². The van der Waals surface area contributed by atoms with E-state index in [1.807, 2.05) is 6.07 Å². The SMILES string of the molecule is C[C@H](c1ccccc1)N1Cc2ccccc2C1CC=O. The monoisotopic (exact) mass is 265 g/mol. The zero-order chi connectivity index (χ0) is 13.9. The Morgan fingerprint density at radius 2 is 1.85 bits per heavy atom. The predicted molar refractivity (Wildman–Crippen MR) is 80.3 cm³/mol. The maximum atomic E-state index is 11.0. The van der Waals surface area contributed by atoms with Gasteiger partial charge in [-0.05, 0) is 23.6 Å². The lowest BCUT2D eigenvalue weighted by Gasteiger charge is -2.30. The minimum atomic E-state index is 0.207. The van der Waals surface area contributed by atoms with Crippen LogP contribution in [0.5, 0.6) is 0 Å². The van der Waals surface area contributed by atoms with Gasteiger partial charge in [0.05, 0.1) is 0 Å². The molecule has 3 rings (SSSR count). The highest BCUT2D eigenvalue weighted by Crippen LogP contribution is 2.40. The fourth-order valence-corrected chi connectivity index (χ4v) is 3.17. The van der Waals surface area contributed by atoms with Crippen LogP contribution in [-0.4, -0.2) is 11.2 Å². The Morgan fingerprint density at radius 1 is 1.15 bits per heavy atom. The van der Waals surface area contributed by atoms with Gasteiger partial charge in [0.1, 0.15) is 6.29 Å². The molecule has 0 fully saturated rings. The number of carbonyl (C=O) groups is 1. The third-order valence-electron chi connectivity index (χ3n) is 4.27. The Bertz CT molecular complexity index is 593. The van der Waals surface area contributed by atoms with Crippen LogP contribution in [0.4, 0.5) is 0 Å². The first-order valence-electron chi connectivity index (χ1n) is 7.13. The summed E-state index contributed by atoms with van der Waals surface area (Å²) in [5, 5.41) is 0. The summed E-state index contributed by atoms with van der Waals surface area (Å²) < 4.78 is 0. The Kier molecular flexibility index (Phi) is 3.66. The van der Waals surface area contributed by atoms with Crippen LogP contribution in [0.3, 0.4) is 0 Å². The summed E-state index contributed by atoms with van der Waals surface area (Å²) in [6, 6.07) is 19.5. The third-order valence-corrected chi connectivity index (χ3v) is 4.27. The first-order valence-corrected chi connectivity index (χ1v) is 7.13. The number of fused-ring (bicyclic) bond motifs is 1. The summed E-state index contributed by atoms with van der Waals surface area (Å²) >= 11 is 0. The van der Waals surface area contributed by atoms with Crippen LogP contribution in [0, 0.1) is 0 Å². The zero-order valence-electron chi connectivity index (χ0n) is 11.7. The standard InChI is InChI=1S/C18H19NO/c1-14(15-7-3-2-4-8-15)19-13-16-9-5-6-10-17(16)18(19)11-12-20/h2-10,12,14,18H,11,13H2,1H3/t14-,18?/m1/s1. The summed E-state index contributed by atoms with van der Waals surface area (Å²) in [4.78, 5) is 13.5. The Labute approximate surface area is 120 Å². The van der Waals surface area contributed by atoms with E-state index < -0.39 is 0 Å². The molecule has 20 heavy (non-hydrogen) atoms. The van der Waals surface area contributed by atoms with Gasteiger partial charge in [-0.2, -0.15) is 0 Å². The van der Waals surface area contributed by atoms with Gasteiger partial charge in [-0.1, -0.05) is 54.6 Å². The van der Waals surface area contributed by atoms with Crippen molar-refractivity contribution in [3.05, 3.63) is 71.3 Å². The van der Waals surface area contributed by atoms with Gasteiger partial charge in [0.25, 0.3) is 0 Å². The molecule has 0 aliphatic carbocycles. The van der Waals surface area contributed by atoms with Crippen LogP contribution in [0.1, 0.15) is 42.1 Å². The highest BCUT2D eigenvalue weighted by Gasteiger charge is 2.32. The topological polar surface area (TPSA) is 20.3 Å². The van der Waals surface area contributed by atoms with Gasteiger partial charge in [-0.3, -0.25) is 4.90 Å². The molecule has 0 aromatic heterocycles. The molecule has 2 aromatic rings. The molecule has 0 bridgehead atoms. The van der Waals surface area contributed by atoms with E-state index in [0.29, 0.717) is 12.5 Å². The summed E-state index contributed by atoms with van der Waals surface area (Å²) in [5.41, 5.74) is 3.96. The normalized spacial score (nSPS) is 19.6. The van der Waals surface area contributed by atoms with Crippen molar-refractivity contribution >= 4 is 6.29 Å². The zero-order valence-corrected chi connectivity index (χ0v) is 11.7. The second-order valence-corrected chi connectivity index (χ2v) is 5.38. The summed E-state index contributed by atoms with van der Waals surface area (Å²) in [6.07, 6.45) is 1.60. The van der Waals surface area contributed by atoms with Crippen LogP contribution >= 0.6 is 0 Å². The van der Waals surface area contributed by atoms with E-state index in [1.165, 1.54) is 16.7 Å². The molecule has 0 amide bonds. The number of hydrogen-bond donors (Lipinski definition) is 0. The molecule has 1 unspecified atom stereocenters. The van der Waals surface area contributed by atoms with E-state index in [9.17, 15) is 4.79 Å². The van der Waals surface area contributed by atoms with Gasteiger partial charge in [0.15, 0.2) is 0 Å². The number of benzene rings is 2. The van der Waals surface area contributed by atoms with Gasteiger partial charge >= 0.3 is 0 Å². The lowest BCUT2D eigenvalue weighted by Crippen LogP contribution is -2.26. The molecule has 0 N–H and O–H groups in total. The van der Waals surface area contributed by atoms with E-state index in [1.54, 1.807) is 0 Å². The molecular weight excluding hydrogens is 246 g/mol. The maximum Gasteiger partial charge on any atom is 0.121 e. The predicted octanol–water partition coefficient (Wildman–Crippen LogP) is 3.89. The van der Waals surface area contributed by atoms with Crippen molar-refractivity contribution < 1.29 is 4.79 Å². The molecule has 0 saturated heterocycles. The van der Waals surface area contributed by atoms with Gasteiger partial charge < -0.3 is 4.79 Å². The molecule has 1 heterocycles. The minimum absolute atomic E-state index is 0.207. The molecular formula is C18H19NO. The molecule has 2 atom stereocenters. The van der Waals surface area contributed by atoms with E-state index in [-0.39, 0.29) is 6.04 Å². The lowest BCUT2D eigenvalue weighted by atomic mass is 10.0. The number of rotatable bonds is 4. The van der Waals surface area contributed by atoms with Crippen molar-refractivity contribution in [2.24, 2.45) is 0 Å². The van der Waals surface area contributed by atoms with Crippen molar-refractivity contribution in [3.63, 3.8) is 0 Å². The molecule has 0 spiro atoms. The molecule has 2 nitrogen and oxygen atoms in total. The molecule has 1 aliphatic heterocycles. The molecule has 0 saturated carbocycles. The van der Waals surface area contributed by atoms with Crippen LogP contribution in [0.25, 0.3) is 0 Å². The van der Waals surface area contributed by atoms with E-state index in [2.05, 4.69) is 60.4 Å².